The lowest BCUT2D eigenvalue weighted by molar-refractivity contribution is -0.140. The molecule has 0 aliphatic carbocycles. The SMILES string of the molecule is COCCOC(=O)C1=C(C)N(c2cc(C)cc(C)c2)C(=S)NC1c1cccc(OC)c1. The van der Waals surface area contributed by atoms with Crippen molar-refractivity contribution in [3.8, 4) is 5.75 Å². The summed E-state index contributed by atoms with van der Waals surface area (Å²) in [6, 6.07) is 13.3. The summed E-state index contributed by atoms with van der Waals surface area (Å²) in [5.41, 5.74) is 5.22. The highest BCUT2D eigenvalue weighted by Gasteiger charge is 2.35. The van der Waals surface area contributed by atoms with Crippen molar-refractivity contribution in [2.75, 3.05) is 32.3 Å². The van der Waals surface area contributed by atoms with Crippen molar-refractivity contribution < 1.29 is 19.0 Å². The van der Waals surface area contributed by atoms with Gasteiger partial charge in [0.2, 0.25) is 0 Å². The lowest BCUT2D eigenvalue weighted by Crippen LogP contribution is -2.48. The van der Waals surface area contributed by atoms with Gasteiger partial charge in [-0.05, 0) is 73.9 Å². The van der Waals surface area contributed by atoms with E-state index >= 15 is 0 Å². The number of rotatable bonds is 7. The molecule has 164 valence electrons. The van der Waals surface area contributed by atoms with Gasteiger partial charge >= 0.3 is 5.97 Å². The Hall–Kier alpha value is -2.90. The Kier molecular flexibility index (Phi) is 7.30. The summed E-state index contributed by atoms with van der Waals surface area (Å²) in [5, 5.41) is 3.85. The van der Waals surface area contributed by atoms with Gasteiger partial charge in [0.1, 0.15) is 12.4 Å². The number of hydrogen-bond donors (Lipinski definition) is 1. The van der Waals surface area contributed by atoms with E-state index in [0.29, 0.717) is 23.0 Å². The summed E-state index contributed by atoms with van der Waals surface area (Å²) in [6.07, 6.45) is 0. The van der Waals surface area contributed by atoms with Crippen LogP contribution in [0.2, 0.25) is 0 Å². The van der Waals surface area contributed by atoms with Crippen molar-refractivity contribution in [3.63, 3.8) is 0 Å². The average molecular weight is 441 g/mol. The first kappa shape index (κ1) is 22.8. The first-order valence-corrected chi connectivity index (χ1v) is 10.5. The van der Waals surface area contributed by atoms with Gasteiger partial charge in [-0.25, -0.2) is 4.79 Å². The van der Waals surface area contributed by atoms with Crippen molar-refractivity contribution >= 4 is 29.0 Å². The van der Waals surface area contributed by atoms with Crippen LogP contribution >= 0.6 is 12.2 Å². The number of aryl methyl sites for hydroxylation is 2. The lowest BCUT2D eigenvalue weighted by atomic mass is 9.94. The number of nitrogens with zero attached hydrogens (tertiary/aromatic N) is 1. The van der Waals surface area contributed by atoms with Crippen LogP contribution in [0.3, 0.4) is 0 Å². The third kappa shape index (κ3) is 5.06. The summed E-state index contributed by atoms with van der Waals surface area (Å²) in [6.45, 7) is 6.47. The number of carbonyl (C=O) groups excluding carboxylic acids is 1. The summed E-state index contributed by atoms with van der Waals surface area (Å²) < 4.78 is 15.9. The van der Waals surface area contributed by atoms with Crippen LogP contribution in [0.1, 0.15) is 29.7 Å². The van der Waals surface area contributed by atoms with E-state index in [9.17, 15) is 4.79 Å². The molecule has 3 rings (SSSR count). The quantitative estimate of drug-likeness (QED) is 0.393. The highest BCUT2D eigenvalue weighted by Crippen LogP contribution is 2.35. The molecular formula is C24H28N2O4S. The second-order valence-corrected chi connectivity index (χ2v) is 7.85. The van der Waals surface area contributed by atoms with E-state index in [1.54, 1.807) is 14.2 Å². The monoisotopic (exact) mass is 440 g/mol. The van der Waals surface area contributed by atoms with E-state index < -0.39 is 12.0 Å². The Morgan fingerprint density at radius 3 is 2.42 bits per heavy atom. The van der Waals surface area contributed by atoms with Crippen LogP contribution in [0.4, 0.5) is 5.69 Å². The molecule has 0 amide bonds. The molecule has 0 fully saturated rings. The van der Waals surface area contributed by atoms with Gasteiger partial charge in [-0.15, -0.1) is 0 Å². The highest BCUT2D eigenvalue weighted by molar-refractivity contribution is 7.80. The van der Waals surface area contributed by atoms with E-state index in [-0.39, 0.29) is 6.61 Å². The molecular weight excluding hydrogens is 412 g/mol. The minimum Gasteiger partial charge on any atom is -0.497 e. The van der Waals surface area contributed by atoms with Gasteiger partial charge < -0.3 is 19.5 Å². The van der Waals surface area contributed by atoms with Crippen LogP contribution in [0.5, 0.6) is 5.75 Å². The molecule has 0 bridgehead atoms. The van der Waals surface area contributed by atoms with Crippen molar-refractivity contribution in [1.29, 1.82) is 0 Å². The van der Waals surface area contributed by atoms with Gasteiger partial charge in [0, 0.05) is 18.5 Å². The third-order valence-corrected chi connectivity index (χ3v) is 5.42. The minimum atomic E-state index is -0.459. The number of methoxy groups -OCH3 is 2. The molecule has 0 radical (unpaired) electrons. The summed E-state index contributed by atoms with van der Waals surface area (Å²) in [7, 11) is 3.18. The van der Waals surface area contributed by atoms with E-state index in [1.165, 1.54) is 0 Å². The number of esters is 1. The lowest BCUT2D eigenvalue weighted by Gasteiger charge is -2.37. The largest absolute Gasteiger partial charge is 0.497 e. The predicted octanol–water partition coefficient (Wildman–Crippen LogP) is 4.21. The molecule has 1 heterocycles. The van der Waals surface area contributed by atoms with E-state index in [0.717, 1.165) is 28.1 Å². The number of anilines is 1. The molecule has 1 N–H and O–H groups in total. The Morgan fingerprint density at radius 1 is 1.06 bits per heavy atom. The van der Waals surface area contributed by atoms with Crippen LogP contribution in [0.15, 0.2) is 53.7 Å². The zero-order valence-corrected chi connectivity index (χ0v) is 19.3. The number of carbonyl (C=O) groups is 1. The molecule has 1 aliphatic heterocycles. The number of allylic oxidation sites excluding steroid dienone is 1. The van der Waals surface area contributed by atoms with Gasteiger partial charge in [-0.1, -0.05) is 18.2 Å². The van der Waals surface area contributed by atoms with E-state index in [4.69, 9.17) is 26.4 Å². The van der Waals surface area contributed by atoms with Gasteiger partial charge in [0.25, 0.3) is 0 Å². The van der Waals surface area contributed by atoms with Crippen molar-refractivity contribution in [1.82, 2.24) is 5.32 Å². The predicted molar refractivity (Wildman–Crippen MR) is 125 cm³/mol. The molecule has 0 aromatic heterocycles. The molecule has 31 heavy (non-hydrogen) atoms. The van der Waals surface area contributed by atoms with Gasteiger partial charge in [-0.3, -0.25) is 4.90 Å². The molecule has 2 aromatic carbocycles. The molecule has 0 saturated heterocycles. The topological polar surface area (TPSA) is 60.0 Å². The van der Waals surface area contributed by atoms with Crippen molar-refractivity contribution in [3.05, 3.63) is 70.4 Å². The fraction of sp³-hybridized carbons (Fsp3) is 0.333. The maximum Gasteiger partial charge on any atom is 0.338 e. The Bertz CT molecular complexity index is 998. The molecule has 1 unspecified atom stereocenters. The van der Waals surface area contributed by atoms with Crippen LogP contribution in [0.25, 0.3) is 0 Å². The van der Waals surface area contributed by atoms with E-state index in [1.807, 2.05) is 62.1 Å². The number of nitrogens with one attached hydrogen (secondary N) is 1. The summed E-state index contributed by atoms with van der Waals surface area (Å²) >= 11 is 5.73. The fourth-order valence-electron chi connectivity index (χ4n) is 3.76. The number of thiocarbonyl (C=S) groups is 1. The third-order valence-electron chi connectivity index (χ3n) is 5.12. The maximum atomic E-state index is 13.2. The van der Waals surface area contributed by atoms with Gasteiger partial charge in [-0.2, -0.15) is 0 Å². The van der Waals surface area contributed by atoms with Crippen molar-refractivity contribution in [2.24, 2.45) is 0 Å². The zero-order chi connectivity index (χ0) is 22.5. The van der Waals surface area contributed by atoms with Crippen LogP contribution in [-0.4, -0.2) is 38.5 Å². The average Bonchev–Trinajstić information content (AvgIpc) is 2.72. The second kappa shape index (κ2) is 9.94. The molecule has 0 spiro atoms. The Balaban J connectivity index is 2.10. The zero-order valence-electron chi connectivity index (χ0n) is 18.5. The summed E-state index contributed by atoms with van der Waals surface area (Å²) in [5.74, 6) is 0.290. The minimum absolute atomic E-state index is 0.172. The van der Waals surface area contributed by atoms with Crippen LogP contribution < -0.4 is 15.0 Å². The van der Waals surface area contributed by atoms with Crippen LogP contribution in [-0.2, 0) is 14.3 Å². The standard InChI is InChI=1S/C24H28N2O4S/c1-15-11-16(2)13-19(12-15)26-17(3)21(23(27)30-10-9-28-4)22(25-24(26)31)18-7-6-8-20(14-18)29-5/h6-8,11-14,22H,9-10H2,1-5H3,(H,25,31). The Morgan fingerprint density at radius 2 is 1.77 bits per heavy atom. The van der Waals surface area contributed by atoms with E-state index in [2.05, 4.69) is 11.4 Å². The smallest absolute Gasteiger partial charge is 0.338 e. The van der Waals surface area contributed by atoms with Crippen molar-refractivity contribution in [2.45, 2.75) is 26.8 Å². The Labute approximate surface area is 188 Å². The molecule has 6 nitrogen and oxygen atoms in total. The summed E-state index contributed by atoms with van der Waals surface area (Å²) in [4.78, 5) is 15.0. The van der Waals surface area contributed by atoms with Crippen LogP contribution in [0, 0.1) is 13.8 Å². The number of hydrogen-bond acceptors (Lipinski definition) is 5. The molecule has 1 atom stereocenters. The number of ether oxygens (including phenoxy) is 3. The normalized spacial score (nSPS) is 16.2. The first-order chi connectivity index (χ1) is 14.8. The highest BCUT2D eigenvalue weighted by atomic mass is 32.1. The first-order valence-electron chi connectivity index (χ1n) is 10.1. The van der Waals surface area contributed by atoms with Gasteiger partial charge in [0.05, 0.1) is 25.3 Å². The second-order valence-electron chi connectivity index (χ2n) is 7.47. The molecule has 0 saturated carbocycles. The molecule has 2 aromatic rings. The molecule has 7 heteroatoms. The fourth-order valence-corrected chi connectivity index (χ4v) is 4.12. The molecule has 1 aliphatic rings. The van der Waals surface area contributed by atoms with Gasteiger partial charge in [0.15, 0.2) is 5.11 Å². The number of benzene rings is 2. The maximum absolute atomic E-state index is 13.2.